The highest BCUT2D eigenvalue weighted by atomic mass is 16.4. The predicted octanol–water partition coefficient (Wildman–Crippen LogP) is 2.49. The van der Waals surface area contributed by atoms with Gasteiger partial charge in [0.25, 0.3) is 0 Å². The lowest BCUT2D eigenvalue weighted by Gasteiger charge is -2.29. The monoisotopic (exact) mass is 290 g/mol. The van der Waals surface area contributed by atoms with Crippen LogP contribution in [0.25, 0.3) is 0 Å². The molecule has 5 nitrogen and oxygen atoms in total. The lowest BCUT2D eigenvalue weighted by Crippen LogP contribution is -2.44. The van der Waals surface area contributed by atoms with Gasteiger partial charge in [-0.3, -0.25) is 4.79 Å². The molecule has 1 saturated heterocycles. The average molecular weight is 290 g/mol. The molecular formula is C16H22N2O3. The number of amides is 2. The molecule has 2 rings (SSSR count). The number of benzene rings is 1. The molecule has 0 aromatic heterocycles. The van der Waals surface area contributed by atoms with Crippen LogP contribution in [0.1, 0.15) is 30.4 Å². The van der Waals surface area contributed by atoms with Crippen molar-refractivity contribution < 1.29 is 14.7 Å². The second-order valence-corrected chi connectivity index (χ2v) is 5.65. The first-order chi connectivity index (χ1) is 9.99. The van der Waals surface area contributed by atoms with Gasteiger partial charge in [-0.15, -0.1) is 0 Å². The molecule has 0 spiro atoms. The third-order valence-electron chi connectivity index (χ3n) is 4.03. The van der Waals surface area contributed by atoms with Gasteiger partial charge in [0.2, 0.25) is 0 Å². The van der Waals surface area contributed by atoms with Crippen molar-refractivity contribution in [2.75, 3.05) is 13.6 Å². The molecule has 0 aliphatic carbocycles. The largest absolute Gasteiger partial charge is 0.481 e. The van der Waals surface area contributed by atoms with Gasteiger partial charge in [-0.2, -0.15) is 0 Å². The highest BCUT2D eigenvalue weighted by molar-refractivity contribution is 5.76. The van der Waals surface area contributed by atoms with Crippen LogP contribution in [-0.2, 0) is 11.3 Å². The number of carboxylic acid groups (broad SMARTS) is 1. The molecule has 0 bridgehead atoms. The van der Waals surface area contributed by atoms with Gasteiger partial charge < -0.3 is 14.9 Å². The van der Waals surface area contributed by atoms with E-state index in [0.717, 1.165) is 24.0 Å². The maximum Gasteiger partial charge on any atom is 0.320 e. The van der Waals surface area contributed by atoms with Gasteiger partial charge in [-0.25, -0.2) is 4.79 Å². The number of aryl methyl sites for hydroxylation is 1. The van der Waals surface area contributed by atoms with Crippen LogP contribution in [0.15, 0.2) is 24.3 Å². The zero-order chi connectivity index (χ0) is 15.4. The van der Waals surface area contributed by atoms with E-state index >= 15 is 0 Å². The van der Waals surface area contributed by atoms with Crippen molar-refractivity contribution >= 4 is 12.0 Å². The Hall–Kier alpha value is -2.04. The Morgan fingerprint density at radius 3 is 2.76 bits per heavy atom. The Balaban J connectivity index is 2.02. The third-order valence-corrected chi connectivity index (χ3v) is 4.03. The Morgan fingerprint density at radius 2 is 2.10 bits per heavy atom. The predicted molar refractivity (Wildman–Crippen MR) is 80.0 cm³/mol. The van der Waals surface area contributed by atoms with Crippen LogP contribution in [0.3, 0.4) is 0 Å². The fourth-order valence-electron chi connectivity index (χ4n) is 2.83. The lowest BCUT2D eigenvalue weighted by molar-refractivity contribution is -0.138. The van der Waals surface area contributed by atoms with Gasteiger partial charge in [0.1, 0.15) is 0 Å². The van der Waals surface area contributed by atoms with Crippen molar-refractivity contribution in [3.05, 3.63) is 35.4 Å². The van der Waals surface area contributed by atoms with Gasteiger partial charge in [0.05, 0.1) is 6.42 Å². The van der Waals surface area contributed by atoms with Crippen molar-refractivity contribution in [1.82, 2.24) is 9.80 Å². The van der Waals surface area contributed by atoms with Gasteiger partial charge in [0, 0.05) is 26.2 Å². The van der Waals surface area contributed by atoms with Crippen LogP contribution in [0, 0.1) is 6.92 Å². The minimum atomic E-state index is -0.846. The second kappa shape index (κ2) is 6.61. The van der Waals surface area contributed by atoms with Crippen LogP contribution >= 0.6 is 0 Å². The number of aliphatic carboxylic acids is 1. The Bertz CT molecular complexity index is 530. The first-order valence-electron chi connectivity index (χ1n) is 7.27. The maximum absolute atomic E-state index is 12.5. The van der Waals surface area contributed by atoms with E-state index in [1.54, 1.807) is 16.8 Å². The number of likely N-dealkylation sites (tertiary alicyclic amines) is 1. The smallest absolute Gasteiger partial charge is 0.320 e. The third kappa shape index (κ3) is 3.74. The zero-order valence-electron chi connectivity index (χ0n) is 12.6. The summed E-state index contributed by atoms with van der Waals surface area (Å²) in [6.07, 6.45) is 1.68. The normalized spacial score (nSPS) is 17.8. The number of carboxylic acids is 1. The molecule has 1 aliphatic heterocycles. The number of carbonyl (C=O) groups is 2. The van der Waals surface area contributed by atoms with Gasteiger partial charge in [-0.05, 0) is 30.9 Å². The lowest BCUT2D eigenvalue weighted by atomic mass is 10.1. The fraction of sp³-hybridized carbons (Fsp3) is 0.500. The van der Waals surface area contributed by atoms with E-state index in [-0.39, 0.29) is 18.5 Å². The standard InChI is InChI=1S/C16H22N2O3/c1-12-6-3-4-7-13(12)11-17(2)16(21)18-9-5-8-14(18)10-15(19)20/h3-4,6-7,14H,5,8-11H2,1-2H3,(H,19,20). The van der Waals surface area contributed by atoms with Crippen LogP contribution in [0.5, 0.6) is 0 Å². The van der Waals surface area contributed by atoms with Crippen molar-refractivity contribution in [2.24, 2.45) is 0 Å². The molecule has 1 unspecified atom stereocenters. The topological polar surface area (TPSA) is 60.9 Å². The van der Waals surface area contributed by atoms with Crippen molar-refractivity contribution in [2.45, 2.75) is 38.8 Å². The number of hydrogen-bond acceptors (Lipinski definition) is 2. The summed E-state index contributed by atoms with van der Waals surface area (Å²) in [6.45, 7) is 3.22. The molecule has 114 valence electrons. The summed E-state index contributed by atoms with van der Waals surface area (Å²) in [4.78, 5) is 26.8. The first kappa shape index (κ1) is 15.4. The van der Waals surface area contributed by atoms with Crippen LogP contribution in [0.4, 0.5) is 4.79 Å². The quantitative estimate of drug-likeness (QED) is 0.926. The van der Waals surface area contributed by atoms with E-state index in [9.17, 15) is 9.59 Å². The highest BCUT2D eigenvalue weighted by Crippen LogP contribution is 2.22. The number of rotatable bonds is 4. The SMILES string of the molecule is Cc1ccccc1CN(C)C(=O)N1CCCC1CC(=O)O. The Morgan fingerprint density at radius 1 is 1.38 bits per heavy atom. The first-order valence-corrected chi connectivity index (χ1v) is 7.27. The number of urea groups is 1. The molecule has 1 aromatic rings. The summed E-state index contributed by atoms with van der Waals surface area (Å²) in [7, 11) is 1.77. The molecule has 1 aliphatic rings. The summed E-state index contributed by atoms with van der Waals surface area (Å²) in [5, 5.41) is 8.93. The minimum absolute atomic E-state index is 0.0317. The molecule has 1 aromatic carbocycles. The van der Waals surface area contributed by atoms with E-state index in [4.69, 9.17) is 5.11 Å². The number of hydrogen-bond donors (Lipinski definition) is 1. The van der Waals surface area contributed by atoms with Gasteiger partial charge in [0.15, 0.2) is 0 Å². The molecule has 2 amide bonds. The molecule has 5 heteroatoms. The summed E-state index contributed by atoms with van der Waals surface area (Å²) >= 11 is 0. The molecule has 1 heterocycles. The van der Waals surface area contributed by atoms with Gasteiger partial charge >= 0.3 is 12.0 Å². The molecule has 0 saturated carbocycles. The fourth-order valence-corrected chi connectivity index (χ4v) is 2.83. The zero-order valence-corrected chi connectivity index (χ0v) is 12.6. The molecule has 1 atom stereocenters. The molecule has 21 heavy (non-hydrogen) atoms. The summed E-state index contributed by atoms with van der Waals surface area (Å²) < 4.78 is 0. The highest BCUT2D eigenvalue weighted by Gasteiger charge is 2.32. The van der Waals surface area contributed by atoms with Gasteiger partial charge in [-0.1, -0.05) is 24.3 Å². The van der Waals surface area contributed by atoms with Crippen LogP contribution < -0.4 is 0 Å². The summed E-state index contributed by atoms with van der Waals surface area (Å²) in [5.74, 6) is -0.846. The van der Waals surface area contributed by atoms with E-state index < -0.39 is 5.97 Å². The van der Waals surface area contributed by atoms with E-state index in [0.29, 0.717) is 13.1 Å². The second-order valence-electron chi connectivity index (χ2n) is 5.65. The number of carbonyl (C=O) groups excluding carboxylic acids is 1. The molecule has 1 N–H and O–H groups in total. The Labute approximate surface area is 125 Å². The maximum atomic E-state index is 12.5. The average Bonchev–Trinajstić information content (AvgIpc) is 2.87. The van der Waals surface area contributed by atoms with Crippen LogP contribution in [0.2, 0.25) is 0 Å². The molecule has 0 radical (unpaired) electrons. The van der Waals surface area contributed by atoms with Crippen molar-refractivity contribution in [3.8, 4) is 0 Å². The van der Waals surface area contributed by atoms with Crippen molar-refractivity contribution in [3.63, 3.8) is 0 Å². The molecular weight excluding hydrogens is 268 g/mol. The van der Waals surface area contributed by atoms with E-state index in [2.05, 4.69) is 0 Å². The van der Waals surface area contributed by atoms with E-state index in [1.807, 2.05) is 31.2 Å². The summed E-state index contributed by atoms with van der Waals surface area (Å²) in [5.41, 5.74) is 2.27. The Kier molecular flexibility index (Phi) is 4.83. The summed E-state index contributed by atoms with van der Waals surface area (Å²) in [6, 6.07) is 7.72. The van der Waals surface area contributed by atoms with Crippen LogP contribution in [-0.4, -0.2) is 46.5 Å². The van der Waals surface area contributed by atoms with Crippen molar-refractivity contribution in [1.29, 1.82) is 0 Å². The molecule has 1 fully saturated rings. The number of nitrogens with zero attached hydrogens (tertiary/aromatic N) is 2. The van der Waals surface area contributed by atoms with E-state index in [1.165, 1.54) is 0 Å². The minimum Gasteiger partial charge on any atom is -0.481 e.